The van der Waals surface area contributed by atoms with E-state index in [0.717, 1.165) is 12.8 Å². The molecule has 0 aromatic carbocycles. The highest BCUT2D eigenvalue weighted by molar-refractivity contribution is 7.89. The molecule has 0 aliphatic heterocycles. The third-order valence-corrected chi connectivity index (χ3v) is 4.32. The first-order valence-electron chi connectivity index (χ1n) is 5.07. The number of rotatable bonds is 6. The third kappa shape index (κ3) is 2.70. The predicted octanol–water partition coefficient (Wildman–Crippen LogP) is 1.30. The van der Waals surface area contributed by atoms with Crippen molar-refractivity contribution < 1.29 is 8.42 Å². The Balaban J connectivity index is 2.78. The summed E-state index contributed by atoms with van der Waals surface area (Å²) in [5.41, 5.74) is 0.565. The van der Waals surface area contributed by atoms with Crippen molar-refractivity contribution >= 4 is 10.0 Å². The van der Waals surface area contributed by atoms with Crippen molar-refractivity contribution in [3.8, 4) is 0 Å². The number of nitrogens with zero attached hydrogens (tertiary/aromatic N) is 2. The number of nitrogens with one attached hydrogen (secondary N) is 1. The van der Waals surface area contributed by atoms with E-state index in [2.05, 4.69) is 16.8 Å². The summed E-state index contributed by atoms with van der Waals surface area (Å²) in [4.78, 5) is 0.244. The number of aromatic nitrogens is 2. The number of unbranched alkanes of at least 4 members (excludes halogenated alkanes) is 1. The number of hydrogen-bond acceptors (Lipinski definition) is 3. The molecule has 0 radical (unpaired) electrons. The van der Waals surface area contributed by atoms with Crippen molar-refractivity contribution in [2.45, 2.75) is 24.7 Å². The summed E-state index contributed by atoms with van der Waals surface area (Å²) in [6.45, 7) is 5.78. The van der Waals surface area contributed by atoms with Gasteiger partial charge in [-0.2, -0.15) is 5.10 Å². The summed E-state index contributed by atoms with van der Waals surface area (Å²) >= 11 is 0. The summed E-state index contributed by atoms with van der Waals surface area (Å²) in [6, 6.07) is 0. The van der Waals surface area contributed by atoms with Crippen molar-refractivity contribution in [1.82, 2.24) is 14.5 Å². The molecule has 1 N–H and O–H groups in total. The van der Waals surface area contributed by atoms with Crippen molar-refractivity contribution in [3.05, 3.63) is 24.5 Å². The maximum absolute atomic E-state index is 12.0. The molecule has 0 saturated carbocycles. The highest BCUT2D eigenvalue weighted by atomic mass is 32.2. The first-order valence-corrected chi connectivity index (χ1v) is 6.51. The van der Waals surface area contributed by atoms with Gasteiger partial charge in [-0.1, -0.05) is 6.08 Å². The number of allylic oxidation sites excluding steroid dienone is 1. The zero-order chi connectivity index (χ0) is 12.2. The zero-order valence-electron chi connectivity index (χ0n) is 9.60. The Morgan fingerprint density at radius 1 is 1.62 bits per heavy atom. The van der Waals surface area contributed by atoms with Gasteiger partial charge in [0.25, 0.3) is 0 Å². The fourth-order valence-corrected chi connectivity index (χ4v) is 2.67. The van der Waals surface area contributed by atoms with E-state index in [1.165, 1.54) is 10.5 Å². The van der Waals surface area contributed by atoms with Gasteiger partial charge < -0.3 is 0 Å². The molecule has 1 rings (SSSR count). The minimum Gasteiger partial charge on any atom is -0.281 e. The summed E-state index contributed by atoms with van der Waals surface area (Å²) in [5, 5.41) is 6.34. The Morgan fingerprint density at radius 2 is 2.31 bits per heavy atom. The first-order chi connectivity index (χ1) is 7.50. The molecule has 1 heterocycles. The number of H-pyrrole nitrogens is 1. The average molecular weight is 243 g/mol. The Morgan fingerprint density at radius 3 is 2.81 bits per heavy atom. The van der Waals surface area contributed by atoms with Crippen LogP contribution in [0.1, 0.15) is 18.5 Å². The molecule has 0 spiro atoms. The van der Waals surface area contributed by atoms with Crippen LogP contribution in [0.4, 0.5) is 0 Å². The molecule has 0 unspecified atom stereocenters. The van der Waals surface area contributed by atoms with E-state index in [4.69, 9.17) is 0 Å². The van der Waals surface area contributed by atoms with Gasteiger partial charge in [0, 0.05) is 13.6 Å². The lowest BCUT2D eigenvalue weighted by Crippen LogP contribution is -2.28. The van der Waals surface area contributed by atoms with Crippen LogP contribution in [0, 0.1) is 6.92 Å². The molecular formula is C10H17N3O2S. The monoisotopic (exact) mass is 243 g/mol. The molecular weight excluding hydrogens is 226 g/mol. The fourth-order valence-electron chi connectivity index (χ4n) is 1.35. The standard InChI is InChI=1S/C10H17N3O2S/c1-4-5-6-7-13(3)16(14,15)10-8-11-12-9(10)2/h4,8H,1,5-7H2,2-3H3,(H,11,12). The van der Waals surface area contributed by atoms with Gasteiger partial charge in [0.1, 0.15) is 4.90 Å². The van der Waals surface area contributed by atoms with Crippen LogP contribution in [0.15, 0.2) is 23.7 Å². The molecule has 90 valence electrons. The molecule has 5 nitrogen and oxygen atoms in total. The van der Waals surface area contributed by atoms with Gasteiger partial charge in [0.05, 0.1) is 11.9 Å². The van der Waals surface area contributed by atoms with Crippen LogP contribution >= 0.6 is 0 Å². The molecule has 6 heteroatoms. The molecule has 16 heavy (non-hydrogen) atoms. The van der Waals surface area contributed by atoms with E-state index in [0.29, 0.717) is 12.2 Å². The molecule has 0 aliphatic rings. The van der Waals surface area contributed by atoms with Crippen LogP contribution in [0.2, 0.25) is 0 Å². The summed E-state index contributed by atoms with van der Waals surface area (Å²) in [7, 11) is -1.83. The summed E-state index contributed by atoms with van der Waals surface area (Å²) < 4.78 is 25.4. The fraction of sp³-hybridized carbons (Fsp3) is 0.500. The van der Waals surface area contributed by atoms with E-state index in [-0.39, 0.29) is 4.90 Å². The van der Waals surface area contributed by atoms with E-state index in [9.17, 15) is 8.42 Å². The Labute approximate surface area is 96.2 Å². The second-order valence-electron chi connectivity index (χ2n) is 3.62. The molecule has 0 bridgehead atoms. The van der Waals surface area contributed by atoms with Gasteiger partial charge in [-0.15, -0.1) is 6.58 Å². The van der Waals surface area contributed by atoms with Gasteiger partial charge in [0.2, 0.25) is 10.0 Å². The number of aryl methyl sites for hydroxylation is 1. The van der Waals surface area contributed by atoms with E-state index >= 15 is 0 Å². The highest BCUT2D eigenvalue weighted by Crippen LogP contribution is 2.16. The topological polar surface area (TPSA) is 66.1 Å². The largest absolute Gasteiger partial charge is 0.281 e. The van der Waals surface area contributed by atoms with Gasteiger partial charge in [-0.05, 0) is 19.8 Å². The number of hydrogen-bond donors (Lipinski definition) is 1. The van der Waals surface area contributed by atoms with Crippen molar-refractivity contribution in [2.24, 2.45) is 0 Å². The Bertz CT molecular complexity index is 450. The molecule has 0 amide bonds. The van der Waals surface area contributed by atoms with Crippen molar-refractivity contribution in [3.63, 3.8) is 0 Å². The summed E-state index contributed by atoms with van der Waals surface area (Å²) in [6.07, 6.45) is 4.71. The second-order valence-corrected chi connectivity index (χ2v) is 5.63. The van der Waals surface area contributed by atoms with Gasteiger partial charge in [0.15, 0.2) is 0 Å². The van der Waals surface area contributed by atoms with Gasteiger partial charge in [-0.25, -0.2) is 12.7 Å². The number of sulfonamides is 1. The van der Waals surface area contributed by atoms with Crippen LogP contribution in [0.25, 0.3) is 0 Å². The zero-order valence-corrected chi connectivity index (χ0v) is 10.4. The lowest BCUT2D eigenvalue weighted by atomic mass is 10.3. The third-order valence-electron chi connectivity index (χ3n) is 2.35. The molecule has 0 atom stereocenters. The molecule has 0 saturated heterocycles. The minimum absolute atomic E-state index is 0.244. The quantitative estimate of drug-likeness (QED) is 0.605. The molecule has 1 aromatic heterocycles. The minimum atomic E-state index is -3.40. The number of aromatic amines is 1. The Kier molecular flexibility index (Phi) is 4.26. The highest BCUT2D eigenvalue weighted by Gasteiger charge is 2.23. The first kappa shape index (κ1) is 12.9. The molecule has 0 aliphatic carbocycles. The van der Waals surface area contributed by atoms with Crippen molar-refractivity contribution in [2.75, 3.05) is 13.6 Å². The Hall–Kier alpha value is -1.14. The van der Waals surface area contributed by atoms with E-state index < -0.39 is 10.0 Å². The second kappa shape index (κ2) is 5.27. The van der Waals surface area contributed by atoms with Crippen molar-refractivity contribution in [1.29, 1.82) is 0 Å². The van der Waals surface area contributed by atoms with Crippen LogP contribution in [0.5, 0.6) is 0 Å². The van der Waals surface area contributed by atoms with E-state index in [1.54, 1.807) is 20.0 Å². The smallest absolute Gasteiger partial charge is 0.246 e. The summed E-state index contributed by atoms with van der Waals surface area (Å²) in [5.74, 6) is 0. The van der Waals surface area contributed by atoms with Crippen LogP contribution in [-0.4, -0.2) is 36.5 Å². The normalized spacial score (nSPS) is 11.9. The molecule has 1 aromatic rings. The average Bonchev–Trinajstić information content (AvgIpc) is 2.65. The van der Waals surface area contributed by atoms with Gasteiger partial charge >= 0.3 is 0 Å². The maximum atomic E-state index is 12.0. The lowest BCUT2D eigenvalue weighted by molar-refractivity contribution is 0.462. The SMILES string of the molecule is C=CCCCN(C)S(=O)(=O)c1cn[nH]c1C. The van der Waals surface area contributed by atoms with Crippen LogP contribution in [-0.2, 0) is 10.0 Å². The van der Waals surface area contributed by atoms with Crippen LogP contribution < -0.4 is 0 Å². The van der Waals surface area contributed by atoms with E-state index in [1.807, 2.05) is 0 Å². The van der Waals surface area contributed by atoms with Gasteiger partial charge in [-0.3, -0.25) is 5.10 Å². The predicted molar refractivity (Wildman–Crippen MR) is 62.6 cm³/mol. The van der Waals surface area contributed by atoms with Crippen LogP contribution in [0.3, 0.4) is 0 Å². The molecule has 0 fully saturated rings. The maximum Gasteiger partial charge on any atom is 0.246 e. The lowest BCUT2D eigenvalue weighted by Gasteiger charge is -2.15.